The summed E-state index contributed by atoms with van der Waals surface area (Å²) in [5.41, 5.74) is 5.43. The third-order valence-corrected chi connectivity index (χ3v) is 2.46. The second-order valence-electron chi connectivity index (χ2n) is 3.91. The van der Waals surface area contributed by atoms with Crippen LogP contribution >= 0.6 is 0 Å². The number of carboxylic acids is 1. The molecule has 5 heteroatoms. The van der Waals surface area contributed by atoms with E-state index in [1.165, 1.54) is 0 Å². The summed E-state index contributed by atoms with van der Waals surface area (Å²) in [6, 6.07) is 0. The van der Waals surface area contributed by atoms with Crippen LogP contribution < -0.4 is 5.73 Å². The number of hydrogen-bond donors (Lipinski definition) is 3. The highest BCUT2D eigenvalue weighted by atomic mass is 16.4. The van der Waals surface area contributed by atoms with E-state index < -0.39 is 5.97 Å². The van der Waals surface area contributed by atoms with Crippen molar-refractivity contribution in [2.45, 2.75) is 32.1 Å². The standard InChI is InChI=1S/C11H24N2O3/c12-6-4-8-13(9-10-14)7-3-1-2-5-11(15)16/h14H,1-10,12H2,(H,15,16). The summed E-state index contributed by atoms with van der Waals surface area (Å²) in [5, 5.41) is 17.3. The Bertz CT molecular complexity index is 177. The molecule has 0 fully saturated rings. The van der Waals surface area contributed by atoms with Gasteiger partial charge in [-0.3, -0.25) is 4.79 Å². The first kappa shape index (κ1) is 15.3. The number of unbranched alkanes of at least 4 members (excludes halogenated alkanes) is 2. The topological polar surface area (TPSA) is 86.8 Å². The number of aliphatic hydroxyl groups is 1. The number of hydrogen-bond acceptors (Lipinski definition) is 4. The summed E-state index contributed by atoms with van der Waals surface area (Å²) < 4.78 is 0. The van der Waals surface area contributed by atoms with Crippen molar-refractivity contribution in [1.82, 2.24) is 4.90 Å². The second-order valence-corrected chi connectivity index (χ2v) is 3.91. The summed E-state index contributed by atoms with van der Waals surface area (Å²) in [6.45, 7) is 3.34. The third kappa shape index (κ3) is 9.89. The van der Waals surface area contributed by atoms with Crippen LogP contribution in [0.15, 0.2) is 0 Å². The summed E-state index contributed by atoms with van der Waals surface area (Å²) in [4.78, 5) is 12.5. The minimum absolute atomic E-state index is 0.166. The first-order valence-electron chi connectivity index (χ1n) is 5.95. The number of carbonyl (C=O) groups is 1. The average Bonchev–Trinajstić information content (AvgIpc) is 2.24. The maximum Gasteiger partial charge on any atom is 0.303 e. The Labute approximate surface area is 97.2 Å². The van der Waals surface area contributed by atoms with Crippen molar-refractivity contribution in [3.8, 4) is 0 Å². The van der Waals surface area contributed by atoms with E-state index in [-0.39, 0.29) is 13.0 Å². The van der Waals surface area contributed by atoms with E-state index in [4.69, 9.17) is 15.9 Å². The number of nitrogens with zero attached hydrogens (tertiary/aromatic N) is 1. The van der Waals surface area contributed by atoms with Gasteiger partial charge < -0.3 is 20.8 Å². The third-order valence-electron chi connectivity index (χ3n) is 2.46. The zero-order chi connectivity index (χ0) is 12.2. The van der Waals surface area contributed by atoms with Crippen LogP contribution in [0.1, 0.15) is 32.1 Å². The molecule has 0 saturated carbocycles. The lowest BCUT2D eigenvalue weighted by Crippen LogP contribution is -2.30. The van der Waals surface area contributed by atoms with Gasteiger partial charge in [0.1, 0.15) is 0 Å². The van der Waals surface area contributed by atoms with Gasteiger partial charge in [0, 0.05) is 13.0 Å². The molecule has 5 nitrogen and oxygen atoms in total. The number of rotatable bonds is 11. The molecule has 16 heavy (non-hydrogen) atoms. The normalized spacial score (nSPS) is 10.9. The van der Waals surface area contributed by atoms with E-state index in [9.17, 15) is 4.79 Å². The molecule has 0 saturated heterocycles. The fourth-order valence-corrected chi connectivity index (χ4v) is 1.58. The Balaban J connectivity index is 3.47. The Kier molecular flexibility index (Phi) is 10.4. The highest BCUT2D eigenvalue weighted by Crippen LogP contribution is 2.02. The molecule has 0 aromatic carbocycles. The molecule has 0 aliphatic carbocycles. The van der Waals surface area contributed by atoms with Crippen LogP contribution in [0.4, 0.5) is 0 Å². The second kappa shape index (κ2) is 10.9. The van der Waals surface area contributed by atoms with Crippen molar-refractivity contribution in [3.05, 3.63) is 0 Å². The van der Waals surface area contributed by atoms with Crippen molar-refractivity contribution >= 4 is 5.97 Å². The molecule has 0 radical (unpaired) electrons. The van der Waals surface area contributed by atoms with Gasteiger partial charge in [0.25, 0.3) is 0 Å². The van der Waals surface area contributed by atoms with Gasteiger partial charge in [-0.2, -0.15) is 0 Å². The summed E-state index contributed by atoms with van der Waals surface area (Å²) >= 11 is 0. The SMILES string of the molecule is NCCCN(CCO)CCCCCC(=O)O. The number of nitrogens with two attached hydrogens (primary N) is 1. The fraction of sp³-hybridized carbons (Fsp3) is 0.909. The van der Waals surface area contributed by atoms with Gasteiger partial charge in [-0.15, -0.1) is 0 Å². The Hall–Kier alpha value is -0.650. The van der Waals surface area contributed by atoms with Crippen LogP contribution in [0, 0.1) is 0 Å². The lowest BCUT2D eigenvalue weighted by atomic mass is 10.2. The van der Waals surface area contributed by atoms with Crippen LogP contribution in [0.5, 0.6) is 0 Å². The van der Waals surface area contributed by atoms with E-state index >= 15 is 0 Å². The molecular formula is C11H24N2O3. The van der Waals surface area contributed by atoms with Gasteiger partial charge >= 0.3 is 5.97 Å². The van der Waals surface area contributed by atoms with Crippen LogP contribution in [0.3, 0.4) is 0 Å². The van der Waals surface area contributed by atoms with Crippen LogP contribution in [-0.2, 0) is 4.79 Å². The van der Waals surface area contributed by atoms with Crippen molar-refractivity contribution in [1.29, 1.82) is 0 Å². The molecule has 0 aliphatic heterocycles. The highest BCUT2D eigenvalue weighted by Gasteiger charge is 2.03. The summed E-state index contributed by atoms with van der Waals surface area (Å²) in [5.74, 6) is -0.727. The van der Waals surface area contributed by atoms with Gasteiger partial charge in [0.2, 0.25) is 0 Å². The molecule has 0 spiro atoms. The highest BCUT2D eigenvalue weighted by molar-refractivity contribution is 5.66. The Morgan fingerprint density at radius 2 is 1.75 bits per heavy atom. The monoisotopic (exact) mass is 232 g/mol. The van der Waals surface area contributed by atoms with Crippen LogP contribution in [0.25, 0.3) is 0 Å². The molecule has 0 aromatic heterocycles. The lowest BCUT2D eigenvalue weighted by Gasteiger charge is -2.20. The van der Waals surface area contributed by atoms with E-state index in [0.717, 1.165) is 38.8 Å². The lowest BCUT2D eigenvalue weighted by molar-refractivity contribution is -0.137. The zero-order valence-corrected chi connectivity index (χ0v) is 9.90. The number of aliphatic carboxylic acids is 1. The summed E-state index contributed by atoms with van der Waals surface area (Å²) in [7, 11) is 0. The minimum Gasteiger partial charge on any atom is -0.481 e. The molecule has 0 aliphatic rings. The van der Waals surface area contributed by atoms with Gasteiger partial charge in [-0.05, 0) is 38.9 Å². The first-order valence-corrected chi connectivity index (χ1v) is 5.95. The molecular weight excluding hydrogens is 208 g/mol. The molecule has 0 heterocycles. The minimum atomic E-state index is -0.727. The van der Waals surface area contributed by atoms with E-state index in [1.54, 1.807) is 0 Å². The zero-order valence-electron chi connectivity index (χ0n) is 9.90. The molecule has 0 rings (SSSR count). The van der Waals surface area contributed by atoms with Gasteiger partial charge in [0.05, 0.1) is 6.61 Å². The summed E-state index contributed by atoms with van der Waals surface area (Å²) in [6.07, 6.45) is 3.84. The quantitative estimate of drug-likeness (QED) is 0.445. The first-order chi connectivity index (χ1) is 7.70. The van der Waals surface area contributed by atoms with Crippen molar-refractivity contribution < 1.29 is 15.0 Å². The number of carboxylic acid groups (broad SMARTS) is 1. The molecule has 0 aromatic rings. The predicted molar refractivity (Wildman–Crippen MR) is 63.3 cm³/mol. The van der Waals surface area contributed by atoms with Gasteiger partial charge in [-0.1, -0.05) is 6.42 Å². The molecule has 0 unspecified atom stereocenters. The van der Waals surface area contributed by atoms with Crippen LogP contribution in [0.2, 0.25) is 0 Å². The van der Waals surface area contributed by atoms with E-state index in [2.05, 4.69) is 4.90 Å². The van der Waals surface area contributed by atoms with Crippen molar-refractivity contribution in [2.75, 3.05) is 32.8 Å². The largest absolute Gasteiger partial charge is 0.481 e. The smallest absolute Gasteiger partial charge is 0.303 e. The molecule has 0 bridgehead atoms. The number of aliphatic hydroxyl groups excluding tert-OH is 1. The van der Waals surface area contributed by atoms with E-state index in [0.29, 0.717) is 13.1 Å². The van der Waals surface area contributed by atoms with Gasteiger partial charge in [0.15, 0.2) is 0 Å². The Morgan fingerprint density at radius 1 is 1.06 bits per heavy atom. The maximum absolute atomic E-state index is 10.3. The molecule has 0 amide bonds. The molecule has 0 atom stereocenters. The molecule has 96 valence electrons. The van der Waals surface area contributed by atoms with Gasteiger partial charge in [-0.25, -0.2) is 0 Å². The van der Waals surface area contributed by atoms with Crippen molar-refractivity contribution in [2.24, 2.45) is 5.73 Å². The average molecular weight is 232 g/mol. The predicted octanol–water partition coefficient (Wildman–Crippen LogP) is 0.274. The maximum atomic E-state index is 10.3. The molecule has 4 N–H and O–H groups in total. The Morgan fingerprint density at radius 3 is 2.31 bits per heavy atom. The fourth-order valence-electron chi connectivity index (χ4n) is 1.58. The van der Waals surface area contributed by atoms with E-state index in [1.807, 2.05) is 0 Å². The van der Waals surface area contributed by atoms with Crippen molar-refractivity contribution in [3.63, 3.8) is 0 Å². The van der Waals surface area contributed by atoms with Crippen LogP contribution in [-0.4, -0.2) is 53.9 Å².